The van der Waals surface area contributed by atoms with Gasteiger partial charge in [-0.25, -0.2) is 4.98 Å². The van der Waals surface area contributed by atoms with E-state index in [9.17, 15) is 23.1 Å². The number of aromatic nitrogens is 3. The zero-order valence-electron chi connectivity index (χ0n) is 15.8. The number of nitrogens with one attached hydrogen (secondary N) is 1. The first-order valence-corrected chi connectivity index (χ1v) is 8.88. The molecule has 1 aliphatic heterocycles. The highest BCUT2D eigenvalue weighted by atomic mass is 19.4. The van der Waals surface area contributed by atoms with Gasteiger partial charge in [-0.2, -0.15) is 13.2 Å². The number of rotatable bonds is 4. The summed E-state index contributed by atoms with van der Waals surface area (Å²) in [7, 11) is 0. The van der Waals surface area contributed by atoms with Crippen molar-refractivity contribution in [1.82, 2.24) is 20.5 Å². The summed E-state index contributed by atoms with van der Waals surface area (Å²) < 4.78 is 43.9. The fourth-order valence-electron chi connectivity index (χ4n) is 2.97. The molecule has 29 heavy (non-hydrogen) atoms. The monoisotopic (exact) mass is 411 g/mol. The van der Waals surface area contributed by atoms with Gasteiger partial charge in [0.25, 0.3) is 0 Å². The van der Waals surface area contributed by atoms with E-state index in [1.807, 2.05) is 4.90 Å². The third-order valence-electron chi connectivity index (χ3n) is 4.43. The maximum absolute atomic E-state index is 12.8. The minimum Gasteiger partial charge on any atom is -0.507 e. The van der Waals surface area contributed by atoms with Crippen molar-refractivity contribution in [2.75, 3.05) is 31.1 Å². The normalized spacial score (nSPS) is 17.3. The van der Waals surface area contributed by atoms with E-state index in [2.05, 4.69) is 20.5 Å². The predicted molar refractivity (Wildman–Crippen MR) is 97.3 cm³/mol. The topological polar surface area (TPSA) is 100 Å². The number of nitrogens with zero attached hydrogens (tertiary/aromatic N) is 4. The van der Waals surface area contributed by atoms with Crippen LogP contribution in [0.25, 0.3) is 11.3 Å². The van der Waals surface area contributed by atoms with Crippen molar-refractivity contribution in [2.45, 2.75) is 26.1 Å². The first-order chi connectivity index (χ1) is 13.6. The molecule has 1 aromatic heterocycles. The zero-order chi connectivity index (χ0) is 21.2. The van der Waals surface area contributed by atoms with Crippen molar-refractivity contribution in [2.24, 2.45) is 0 Å². The highest BCUT2D eigenvalue weighted by Gasteiger charge is 2.31. The van der Waals surface area contributed by atoms with Crippen LogP contribution in [0.2, 0.25) is 0 Å². The van der Waals surface area contributed by atoms with E-state index in [0.29, 0.717) is 43.9 Å². The lowest BCUT2D eigenvalue weighted by molar-refractivity contribution is -0.137. The van der Waals surface area contributed by atoms with Crippen molar-refractivity contribution in [3.63, 3.8) is 0 Å². The van der Waals surface area contributed by atoms with E-state index in [4.69, 9.17) is 4.74 Å². The Morgan fingerprint density at radius 1 is 1.38 bits per heavy atom. The van der Waals surface area contributed by atoms with E-state index in [0.717, 1.165) is 12.1 Å². The van der Waals surface area contributed by atoms with Crippen molar-refractivity contribution in [3.05, 3.63) is 29.5 Å². The molecule has 8 nitrogen and oxygen atoms in total. The van der Waals surface area contributed by atoms with Crippen LogP contribution in [0, 0.1) is 6.92 Å². The molecule has 1 aromatic carbocycles. The number of anilines is 1. The molecule has 0 spiro atoms. The molecule has 1 aliphatic rings. The fourth-order valence-corrected chi connectivity index (χ4v) is 2.97. The quantitative estimate of drug-likeness (QED) is 0.793. The summed E-state index contributed by atoms with van der Waals surface area (Å²) in [5.74, 6) is -0.359. The van der Waals surface area contributed by atoms with Crippen LogP contribution >= 0.6 is 0 Å². The molecule has 0 unspecified atom stereocenters. The molecule has 1 fully saturated rings. The Balaban J connectivity index is 1.79. The van der Waals surface area contributed by atoms with Crippen LogP contribution in [0.4, 0.5) is 19.1 Å². The summed E-state index contributed by atoms with van der Waals surface area (Å²) in [6.45, 7) is 4.82. The number of carbonyl (C=O) groups is 1. The molecular formula is C18H20F3N5O3. The second-order valence-corrected chi connectivity index (χ2v) is 6.65. The van der Waals surface area contributed by atoms with Crippen molar-refractivity contribution in [1.29, 1.82) is 0 Å². The Morgan fingerprint density at radius 2 is 2.14 bits per heavy atom. The second-order valence-electron chi connectivity index (χ2n) is 6.65. The van der Waals surface area contributed by atoms with Crippen LogP contribution in [-0.2, 0) is 15.7 Å². The van der Waals surface area contributed by atoms with E-state index in [1.54, 1.807) is 6.92 Å². The number of morpholine rings is 1. The van der Waals surface area contributed by atoms with E-state index in [1.165, 1.54) is 6.92 Å². The van der Waals surface area contributed by atoms with Gasteiger partial charge in [0.15, 0.2) is 0 Å². The Morgan fingerprint density at radius 3 is 2.76 bits per heavy atom. The number of phenols is 1. The van der Waals surface area contributed by atoms with Crippen LogP contribution in [0.1, 0.15) is 18.2 Å². The zero-order valence-corrected chi connectivity index (χ0v) is 15.8. The van der Waals surface area contributed by atoms with Gasteiger partial charge in [0, 0.05) is 32.1 Å². The smallest absolute Gasteiger partial charge is 0.416 e. The summed E-state index contributed by atoms with van der Waals surface area (Å²) in [6.07, 6.45) is -4.78. The van der Waals surface area contributed by atoms with E-state index in [-0.39, 0.29) is 23.3 Å². The molecule has 11 heteroatoms. The number of aryl methyl sites for hydroxylation is 1. The first-order valence-electron chi connectivity index (χ1n) is 8.88. The SMILES string of the molecule is CC(=O)NC[C@H]1CN(c2nnc(-c3ccc(C(F)(F)F)cc3O)c(C)n2)CCO1. The molecule has 2 heterocycles. The lowest BCUT2D eigenvalue weighted by atomic mass is 10.1. The number of aromatic hydroxyl groups is 1. The summed E-state index contributed by atoms with van der Waals surface area (Å²) in [5, 5.41) is 20.9. The summed E-state index contributed by atoms with van der Waals surface area (Å²) in [4.78, 5) is 17.3. The molecule has 0 bridgehead atoms. The van der Waals surface area contributed by atoms with Gasteiger partial charge in [0.05, 0.1) is 24.0 Å². The van der Waals surface area contributed by atoms with Crippen molar-refractivity contribution < 1.29 is 27.8 Å². The van der Waals surface area contributed by atoms with Gasteiger partial charge < -0.3 is 20.1 Å². The Bertz CT molecular complexity index is 907. The highest BCUT2D eigenvalue weighted by Crippen LogP contribution is 2.36. The molecule has 0 saturated carbocycles. The first kappa shape index (κ1) is 20.8. The Labute approximate surface area is 164 Å². The maximum atomic E-state index is 12.8. The van der Waals surface area contributed by atoms with Crippen LogP contribution in [0.15, 0.2) is 18.2 Å². The number of ether oxygens (including phenoxy) is 1. The van der Waals surface area contributed by atoms with Crippen molar-refractivity contribution >= 4 is 11.9 Å². The molecular weight excluding hydrogens is 391 g/mol. The maximum Gasteiger partial charge on any atom is 0.416 e. The van der Waals surface area contributed by atoms with Gasteiger partial charge in [0.2, 0.25) is 11.9 Å². The number of halogens is 3. The van der Waals surface area contributed by atoms with Crippen LogP contribution in [0.5, 0.6) is 5.75 Å². The fraction of sp³-hybridized carbons (Fsp3) is 0.444. The van der Waals surface area contributed by atoms with E-state index >= 15 is 0 Å². The Kier molecular flexibility index (Phi) is 5.87. The number of amides is 1. The number of carbonyl (C=O) groups excluding carboxylic acids is 1. The Hall–Kier alpha value is -2.95. The average Bonchev–Trinajstić information content (AvgIpc) is 2.66. The highest BCUT2D eigenvalue weighted by molar-refractivity contribution is 5.72. The molecule has 0 radical (unpaired) electrons. The molecule has 156 valence electrons. The van der Waals surface area contributed by atoms with Crippen LogP contribution in [0.3, 0.4) is 0 Å². The number of phenolic OH excluding ortho intramolecular Hbond substituents is 1. The molecule has 1 atom stereocenters. The van der Waals surface area contributed by atoms with Gasteiger partial charge in [0.1, 0.15) is 11.4 Å². The summed E-state index contributed by atoms with van der Waals surface area (Å²) in [5.41, 5.74) is -0.224. The molecule has 1 amide bonds. The minimum absolute atomic E-state index is 0.118. The van der Waals surface area contributed by atoms with E-state index < -0.39 is 17.5 Å². The third kappa shape index (κ3) is 4.91. The lowest BCUT2D eigenvalue weighted by Gasteiger charge is -2.32. The van der Waals surface area contributed by atoms with Crippen LogP contribution in [-0.4, -0.2) is 58.5 Å². The standard InChI is InChI=1S/C18H20F3N5O3/c1-10-16(14-4-3-12(7-15(14)28)18(19,20)21)24-25-17(23-10)26-5-6-29-13(9-26)8-22-11(2)27/h3-4,7,13,28H,5-6,8-9H2,1-2H3,(H,22,27)/t13-/m0/s1. The molecule has 3 rings (SSSR count). The molecule has 2 aromatic rings. The number of benzene rings is 1. The summed E-state index contributed by atoms with van der Waals surface area (Å²) >= 11 is 0. The minimum atomic E-state index is -4.55. The molecule has 0 aliphatic carbocycles. The second kappa shape index (κ2) is 8.19. The lowest BCUT2D eigenvalue weighted by Crippen LogP contribution is -2.48. The number of hydrogen-bond donors (Lipinski definition) is 2. The third-order valence-corrected chi connectivity index (χ3v) is 4.43. The largest absolute Gasteiger partial charge is 0.507 e. The van der Waals surface area contributed by atoms with Gasteiger partial charge in [-0.15, -0.1) is 10.2 Å². The molecule has 1 saturated heterocycles. The van der Waals surface area contributed by atoms with Gasteiger partial charge in [-0.1, -0.05) is 0 Å². The molecule has 2 N–H and O–H groups in total. The number of alkyl halides is 3. The van der Waals surface area contributed by atoms with Crippen LogP contribution < -0.4 is 10.2 Å². The van der Waals surface area contributed by atoms with Gasteiger partial charge >= 0.3 is 6.18 Å². The van der Waals surface area contributed by atoms with Crippen molar-refractivity contribution in [3.8, 4) is 17.0 Å². The average molecular weight is 411 g/mol. The number of hydrogen-bond acceptors (Lipinski definition) is 7. The van der Waals surface area contributed by atoms with Gasteiger partial charge in [-0.05, 0) is 25.1 Å². The van der Waals surface area contributed by atoms with Gasteiger partial charge in [-0.3, -0.25) is 4.79 Å². The summed E-state index contributed by atoms with van der Waals surface area (Å²) in [6, 6.07) is 2.67. The predicted octanol–water partition coefficient (Wildman–Crippen LogP) is 1.91.